The molecule has 1 unspecified atom stereocenters. The van der Waals surface area contributed by atoms with E-state index in [2.05, 4.69) is 15.5 Å². The summed E-state index contributed by atoms with van der Waals surface area (Å²) in [5, 5.41) is 12.3. The van der Waals surface area contributed by atoms with Crippen LogP contribution in [0.2, 0.25) is 0 Å². The number of methoxy groups -OCH3 is 1. The van der Waals surface area contributed by atoms with Gasteiger partial charge in [-0.25, -0.2) is 0 Å². The summed E-state index contributed by atoms with van der Waals surface area (Å²) in [7, 11) is 3.38. The molecule has 0 spiro atoms. The third kappa shape index (κ3) is 2.69. The van der Waals surface area contributed by atoms with E-state index in [9.17, 15) is 4.79 Å². The van der Waals surface area contributed by atoms with Crippen molar-refractivity contribution in [1.82, 2.24) is 20.1 Å². The first-order valence-electron chi connectivity index (χ1n) is 6.98. The monoisotopic (exact) mass is 296 g/mol. The minimum Gasteiger partial charge on any atom is -0.468 e. The number of carbonyl (C=O) groups is 1. The fraction of sp³-hybridized carbons (Fsp3) is 0.769. The highest BCUT2D eigenvalue weighted by Gasteiger charge is 2.53. The number of rotatable bonds is 7. The van der Waals surface area contributed by atoms with Crippen molar-refractivity contribution in [2.75, 3.05) is 12.9 Å². The van der Waals surface area contributed by atoms with Gasteiger partial charge in [0, 0.05) is 18.8 Å². The lowest BCUT2D eigenvalue weighted by Crippen LogP contribution is -2.57. The van der Waals surface area contributed by atoms with Gasteiger partial charge in [-0.3, -0.25) is 10.1 Å². The molecule has 0 radical (unpaired) electrons. The standard InChI is InChI=1S/C13H20N4O2S/c1-17-8-14-16-12(17)20-7-13(9-3-4-9,11(18)19-2)15-10-5-6-10/h8-10,15H,3-7H2,1-2H3. The number of thioether (sulfide) groups is 1. The Morgan fingerprint density at radius 3 is 2.80 bits per heavy atom. The molecule has 0 amide bonds. The Balaban J connectivity index is 1.76. The number of carbonyl (C=O) groups excluding carboxylic acids is 1. The van der Waals surface area contributed by atoms with Crippen molar-refractivity contribution in [3.63, 3.8) is 0 Å². The molecule has 6 nitrogen and oxygen atoms in total. The van der Waals surface area contributed by atoms with Gasteiger partial charge < -0.3 is 9.30 Å². The second-order valence-electron chi connectivity index (χ2n) is 5.67. The number of esters is 1. The van der Waals surface area contributed by atoms with Crippen LogP contribution in [-0.4, -0.2) is 45.2 Å². The Bertz CT molecular complexity index is 498. The van der Waals surface area contributed by atoms with E-state index in [1.54, 1.807) is 18.1 Å². The smallest absolute Gasteiger partial charge is 0.327 e. The highest BCUT2D eigenvalue weighted by molar-refractivity contribution is 7.99. The first-order valence-corrected chi connectivity index (χ1v) is 7.97. The second kappa shape index (κ2) is 5.37. The van der Waals surface area contributed by atoms with Gasteiger partial charge in [0.15, 0.2) is 5.16 Å². The zero-order valence-electron chi connectivity index (χ0n) is 11.8. The van der Waals surface area contributed by atoms with E-state index in [-0.39, 0.29) is 5.97 Å². The van der Waals surface area contributed by atoms with Crippen LogP contribution in [0.15, 0.2) is 11.5 Å². The number of nitrogens with one attached hydrogen (secondary N) is 1. The zero-order valence-corrected chi connectivity index (χ0v) is 12.7. The number of hydrogen-bond acceptors (Lipinski definition) is 6. The molecule has 2 aliphatic carbocycles. The first kappa shape index (κ1) is 13.9. The van der Waals surface area contributed by atoms with Crippen molar-refractivity contribution in [2.24, 2.45) is 13.0 Å². The molecule has 2 fully saturated rings. The van der Waals surface area contributed by atoms with Crippen molar-refractivity contribution >= 4 is 17.7 Å². The number of aromatic nitrogens is 3. The minimum absolute atomic E-state index is 0.137. The van der Waals surface area contributed by atoms with Gasteiger partial charge in [0.1, 0.15) is 11.9 Å². The van der Waals surface area contributed by atoms with E-state index in [0.29, 0.717) is 17.7 Å². The lowest BCUT2D eigenvalue weighted by molar-refractivity contribution is -0.148. The maximum absolute atomic E-state index is 12.4. The highest BCUT2D eigenvalue weighted by atomic mass is 32.2. The SMILES string of the molecule is COC(=O)C(CSc1nncn1C)(NC1CC1)C1CC1. The van der Waals surface area contributed by atoms with Crippen molar-refractivity contribution in [3.05, 3.63) is 6.33 Å². The number of aryl methyl sites for hydroxylation is 1. The van der Waals surface area contributed by atoms with Crippen LogP contribution in [0.5, 0.6) is 0 Å². The molecular formula is C13H20N4O2S. The Hall–Kier alpha value is -1.08. The van der Waals surface area contributed by atoms with Gasteiger partial charge in [-0.05, 0) is 31.6 Å². The van der Waals surface area contributed by atoms with Gasteiger partial charge in [-0.2, -0.15) is 0 Å². The molecular weight excluding hydrogens is 276 g/mol. The summed E-state index contributed by atoms with van der Waals surface area (Å²) >= 11 is 1.57. The van der Waals surface area contributed by atoms with Crippen LogP contribution in [0.1, 0.15) is 25.7 Å². The Morgan fingerprint density at radius 2 is 2.30 bits per heavy atom. The predicted molar refractivity (Wildman–Crippen MR) is 75.4 cm³/mol. The fourth-order valence-corrected chi connectivity index (χ4v) is 3.64. The molecule has 0 aliphatic heterocycles. The summed E-state index contributed by atoms with van der Waals surface area (Å²) in [5.74, 6) is 0.894. The molecule has 0 saturated heterocycles. The van der Waals surface area contributed by atoms with Crippen LogP contribution in [-0.2, 0) is 16.6 Å². The predicted octanol–water partition coefficient (Wildman–Crippen LogP) is 0.981. The normalized spacial score (nSPS) is 21.5. The number of hydrogen-bond donors (Lipinski definition) is 1. The molecule has 1 aromatic rings. The molecule has 1 aromatic heterocycles. The van der Waals surface area contributed by atoms with E-state index >= 15 is 0 Å². The number of ether oxygens (including phenoxy) is 1. The van der Waals surface area contributed by atoms with E-state index in [1.165, 1.54) is 7.11 Å². The Kier molecular flexibility index (Phi) is 3.72. The van der Waals surface area contributed by atoms with Crippen LogP contribution < -0.4 is 5.32 Å². The van der Waals surface area contributed by atoms with Crippen LogP contribution in [0.3, 0.4) is 0 Å². The summed E-state index contributed by atoms with van der Waals surface area (Å²) in [5.41, 5.74) is -0.563. The van der Waals surface area contributed by atoms with Gasteiger partial charge in [-0.1, -0.05) is 11.8 Å². The molecule has 2 saturated carbocycles. The van der Waals surface area contributed by atoms with E-state index in [0.717, 1.165) is 30.8 Å². The second-order valence-corrected chi connectivity index (χ2v) is 6.61. The summed E-state index contributed by atoms with van der Waals surface area (Å²) in [6.07, 6.45) is 6.16. The molecule has 1 atom stereocenters. The van der Waals surface area contributed by atoms with Gasteiger partial charge in [0.25, 0.3) is 0 Å². The van der Waals surface area contributed by atoms with E-state index in [4.69, 9.17) is 4.74 Å². The average molecular weight is 296 g/mol. The average Bonchev–Trinajstić information content (AvgIpc) is 3.34. The largest absolute Gasteiger partial charge is 0.468 e. The molecule has 20 heavy (non-hydrogen) atoms. The van der Waals surface area contributed by atoms with Crippen molar-refractivity contribution in [1.29, 1.82) is 0 Å². The molecule has 110 valence electrons. The van der Waals surface area contributed by atoms with E-state index < -0.39 is 5.54 Å². The third-order valence-electron chi connectivity index (χ3n) is 3.96. The Labute approximate surface area is 122 Å². The summed E-state index contributed by atoms with van der Waals surface area (Å²) in [6.45, 7) is 0. The number of nitrogens with zero attached hydrogens (tertiary/aromatic N) is 3. The summed E-state index contributed by atoms with van der Waals surface area (Å²) < 4.78 is 6.96. The molecule has 0 aromatic carbocycles. The summed E-state index contributed by atoms with van der Waals surface area (Å²) in [6, 6.07) is 0.467. The maximum Gasteiger partial charge on any atom is 0.327 e. The zero-order chi connectivity index (χ0) is 14.2. The minimum atomic E-state index is -0.563. The van der Waals surface area contributed by atoms with Crippen LogP contribution in [0.4, 0.5) is 0 Å². The molecule has 2 aliphatic rings. The quantitative estimate of drug-likeness (QED) is 0.597. The molecule has 7 heteroatoms. The Morgan fingerprint density at radius 1 is 1.55 bits per heavy atom. The maximum atomic E-state index is 12.4. The molecule has 1 N–H and O–H groups in total. The van der Waals surface area contributed by atoms with Gasteiger partial charge in [-0.15, -0.1) is 10.2 Å². The van der Waals surface area contributed by atoms with Crippen molar-refractivity contribution in [2.45, 2.75) is 42.4 Å². The van der Waals surface area contributed by atoms with Crippen molar-refractivity contribution < 1.29 is 9.53 Å². The molecule has 0 bridgehead atoms. The van der Waals surface area contributed by atoms with Gasteiger partial charge in [0.05, 0.1) is 7.11 Å². The molecule has 1 heterocycles. The van der Waals surface area contributed by atoms with Crippen LogP contribution in [0, 0.1) is 5.92 Å². The van der Waals surface area contributed by atoms with Gasteiger partial charge in [0.2, 0.25) is 0 Å². The topological polar surface area (TPSA) is 69.0 Å². The lowest BCUT2D eigenvalue weighted by Gasteiger charge is -2.32. The lowest BCUT2D eigenvalue weighted by atomic mass is 9.95. The third-order valence-corrected chi connectivity index (χ3v) is 5.19. The van der Waals surface area contributed by atoms with Crippen LogP contribution in [0.25, 0.3) is 0 Å². The van der Waals surface area contributed by atoms with Crippen LogP contribution >= 0.6 is 11.8 Å². The summed E-state index contributed by atoms with van der Waals surface area (Å²) in [4.78, 5) is 12.4. The highest BCUT2D eigenvalue weighted by Crippen LogP contribution is 2.44. The molecule has 3 rings (SSSR count). The van der Waals surface area contributed by atoms with E-state index in [1.807, 2.05) is 11.6 Å². The van der Waals surface area contributed by atoms with Crippen molar-refractivity contribution in [3.8, 4) is 0 Å². The van der Waals surface area contributed by atoms with Gasteiger partial charge >= 0.3 is 5.97 Å². The fourth-order valence-electron chi connectivity index (χ4n) is 2.49. The first-order chi connectivity index (χ1) is 9.65.